The van der Waals surface area contributed by atoms with Gasteiger partial charge in [0.2, 0.25) is 11.8 Å². The number of carbonyl (C=O) groups excluding carboxylic acids is 2. The maximum Gasteiger partial charge on any atom is 0.290 e. The molecule has 33 heavy (non-hydrogen) atoms. The Labute approximate surface area is 191 Å². The van der Waals surface area contributed by atoms with Crippen molar-refractivity contribution in [3.8, 4) is 0 Å². The summed E-state index contributed by atoms with van der Waals surface area (Å²) in [6.45, 7) is 1.41. The zero-order chi connectivity index (χ0) is 24.5. The Kier molecular flexibility index (Phi) is 12.4. The molecule has 180 valence electrons. The van der Waals surface area contributed by atoms with E-state index in [-0.39, 0.29) is 31.2 Å². The normalized spacial score (nSPS) is 13.9. The van der Waals surface area contributed by atoms with E-state index in [2.05, 4.69) is 15.4 Å². The van der Waals surface area contributed by atoms with Crippen molar-refractivity contribution < 1.29 is 34.1 Å². The average molecular weight is 463 g/mol. The Morgan fingerprint density at radius 3 is 2.33 bits per heavy atom. The fraction of sp³-hybridized carbons (Fsp3) is 0.429. The Hall–Kier alpha value is -3.80. The van der Waals surface area contributed by atoms with E-state index in [0.717, 1.165) is 5.69 Å². The lowest BCUT2D eigenvalue weighted by Crippen LogP contribution is -2.56. The third kappa shape index (κ3) is 8.33. The van der Waals surface area contributed by atoms with Gasteiger partial charge in [-0.3, -0.25) is 28.8 Å². The highest BCUT2D eigenvalue weighted by atomic mass is 16.5. The molecule has 2 amide bonds. The van der Waals surface area contributed by atoms with Crippen LogP contribution in [0.3, 0.4) is 0 Å². The first-order chi connectivity index (χ1) is 16.0. The Balaban J connectivity index is 0.000000819. The van der Waals surface area contributed by atoms with Crippen LogP contribution >= 0.6 is 0 Å². The molecule has 0 aromatic carbocycles. The number of piperidine rings is 1. The van der Waals surface area contributed by atoms with E-state index < -0.39 is 5.54 Å². The topological polar surface area (TPSA) is 164 Å². The Morgan fingerprint density at radius 2 is 1.82 bits per heavy atom. The molecular weight excluding hydrogens is 434 g/mol. The highest BCUT2D eigenvalue weighted by Crippen LogP contribution is 2.30. The summed E-state index contributed by atoms with van der Waals surface area (Å²) in [5.41, 5.74) is -0.0253. The first kappa shape index (κ1) is 27.2. The number of aromatic nitrogens is 3. The largest absolute Gasteiger partial charge is 0.483 e. The summed E-state index contributed by atoms with van der Waals surface area (Å²) >= 11 is 0. The molecule has 2 aromatic rings. The molecule has 12 heteroatoms. The van der Waals surface area contributed by atoms with Gasteiger partial charge in [0, 0.05) is 51.0 Å². The van der Waals surface area contributed by atoms with Crippen LogP contribution < -0.4 is 5.32 Å². The number of carbonyl (C=O) groups is 4. The minimum Gasteiger partial charge on any atom is -0.483 e. The van der Waals surface area contributed by atoms with E-state index in [4.69, 9.17) is 24.5 Å². The highest BCUT2D eigenvalue weighted by Gasteiger charge is 2.44. The number of amides is 2. The zero-order valence-electron chi connectivity index (χ0n) is 18.4. The third-order valence-electron chi connectivity index (χ3n) is 4.96. The molecule has 0 unspecified atom stereocenters. The van der Waals surface area contributed by atoms with Gasteiger partial charge in [-0.1, -0.05) is 6.07 Å². The summed E-state index contributed by atoms with van der Waals surface area (Å²) in [5, 5.41) is 21.0. The molecule has 3 heterocycles. The molecule has 3 rings (SSSR count). The van der Waals surface area contributed by atoms with Gasteiger partial charge in [-0.05, 0) is 31.0 Å². The smallest absolute Gasteiger partial charge is 0.290 e. The van der Waals surface area contributed by atoms with Crippen LogP contribution in [0.2, 0.25) is 0 Å². The molecule has 0 atom stereocenters. The molecule has 1 saturated heterocycles. The van der Waals surface area contributed by atoms with E-state index in [1.807, 2.05) is 24.3 Å². The van der Waals surface area contributed by atoms with Crippen LogP contribution in [-0.4, -0.2) is 88.0 Å². The van der Waals surface area contributed by atoms with Crippen LogP contribution in [0.15, 0.2) is 42.9 Å². The molecule has 0 aliphatic carbocycles. The van der Waals surface area contributed by atoms with Crippen LogP contribution in [0.4, 0.5) is 0 Å². The van der Waals surface area contributed by atoms with Gasteiger partial charge in [0.25, 0.3) is 12.9 Å². The van der Waals surface area contributed by atoms with Crippen molar-refractivity contribution >= 4 is 24.8 Å². The lowest BCUT2D eigenvalue weighted by atomic mass is 9.86. The van der Waals surface area contributed by atoms with Gasteiger partial charge in [-0.15, -0.1) is 0 Å². The number of likely N-dealkylation sites (tertiary alicyclic amines) is 1. The quantitative estimate of drug-likeness (QED) is 0.379. The van der Waals surface area contributed by atoms with Crippen molar-refractivity contribution in [2.24, 2.45) is 0 Å². The first-order valence-corrected chi connectivity index (χ1v) is 10.1. The van der Waals surface area contributed by atoms with Crippen molar-refractivity contribution in [3.63, 3.8) is 0 Å². The second-order valence-corrected chi connectivity index (χ2v) is 6.82. The number of ether oxygens (including phenoxy) is 1. The molecule has 0 spiro atoms. The van der Waals surface area contributed by atoms with Gasteiger partial charge in [0.1, 0.15) is 5.54 Å². The van der Waals surface area contributed by atoms with Gasteiger partial charge in [-0.25, -0.2) is 0 Å². The van der Waals surface area contributed by atoms with Gasteiger partial charge < -0.3 is 25.2 Å². The van der Waals surface area contributed by atoms with Crippen molar-refractivity contribution in [3.05, 3.63) is 48.5 Å². The third-order valence-corrected chi connectivity index (χ3v) is 4.96. The van der Waals surface area contributed by atoms with Gasteiger partial charge in [0.15, 0.2) is 0 Å². The lowest BCUT2D eigenvalue weighted by molar-refractivity contribution is -0.139. The molecule has 0 radical (unpaired) electrons. The molecule has 0 saturated carbocycles. The maximum atomic E-state index is 12.9. The standard InChI is InChI=1S/C19H25N5O3.2CH2O2/c1-27-14-10-21-18(26)19(24-11-4-9-22-24)6-12-23(13-7-19)17(25)15-16-5-2-3-8-20-16;2*2-1-3/h2-5,8-9,11H,6-7,10,12-15H2,1H3,(H,21,26);2*1H,(H,2,3). The molecule has 12 nitrogen and oxygen atoms in total. The fourth-order valence-electron chi connectivity index (χ4n) is 3.41. The van der Waals surface area contributed by atoms with Gasteiger partial charge >= 0.3 is 0 Å². The van der Waals surface area contributed by atoms with E-state index in [1.54, 1.807) is 35.3 Å². The van der Waals surface area contributed by atoms with Crippen LogP contribution in [0.1, 0.15) is 18.5 Å². The van der Waals surface area contributed by atoms with Crippen LogP contribution in [0.25, 0.3) is 0 Å². The zero-order valence-corrected chi connectivity index (χ0v) is 18.4. The summed E-state index contributed by atoms with van der Waals surface area (Å²) in [5.74, 6) is -0.0531. The maximum absolute atomic E-state index is 12.9. The van der Waals surface area contributed by atoms with Crippen molar-refractivity contribution in [1.82, 2.24) is 25.0 Å². The summed E-state index contributed by atoms with van der Waals surface area (Å²) in [6.07, 6.45) is 6.47. The van der Waals surface area contributed by atoms with Crippen molar-refractivity contribution in [2.75, 3.05) is 33.4 Å². The van der Waals surface area contributed by atoms with E-state index in [0.29, 0.717) is 39.1 Å². The molecule has 1 fully saturated rings. The predicted molar refractivity (Wildman–Crippen MR) is 116 cm³/mol. The number of nitrogens with zero attached hydrogens (tertiary/aromatic N) is 4. The molecule has 2 aromatic heterocycles. The lowest BCUT2D eigenvalue weighted by Gasteiger charge is -2.40. The van der Waals surface area contributed by atoms with Crippen molar-refractivity contribution in [1.29, 1.82) is 0 Å². The van der Waals surface area contributed by atoms with Crippen LogP contribution in [0, 0.1) is 0 Å². The first-order valence-electron chi connectivity index (χ1n) is 10.1. The van der Waals surface area contributed by atoms with Crippen LogP contribution in [-0.2, 0) is 35.9 Å². The van der Waals surface area contributed by atoms with E-state index in [1.165, 1.54) is 0 Å². The van der Waals surface area contributed by atoms with Gasteiger partial charge in [-0.2, -0.15) is 5.10 Å². The SMILES string of the molecule is COCCNC(=O)C1(n2cccn2)CCN(C(=O)Cc2ccccn2)CC1.O=CO.O=CO. The molecule has 1 aliphatic rings. The number of methoxy groups -OCH3 is 1. The van der Waals surface area contributed by atoms with E-state index in [9.17, 15) is 9.59 Å². The fourth-order valence-corrected chi connectivity index (χ4v) is 3.41. The number of carboxylic acid groups (broad SMARTS) is 2. The minimum atomic E-state index is -0.779. The number of hydrogen-bond acceptors (Lipinski definition) is 7. The monoisotopic (exact) mass is 463 g/mol. The molecule has 3 N–H and O–H groups in total. The summed E-state index contributed by atoms with van der Waals surface area (Å²) in [4.78, 5) is 48.3. The Bertz CT molecular complexity index is 832. The van der Waals surface area contributed by atoms with Crippen molar-refractivity contribution in [2.45, 2.75) is 24.8 Å². The van der Waals surface area contributed by atoms with Gasteiger partial charge in [0.05, 0.1) is 13.0 Å². The minimum absolute atomic E-state index is 0.0301. The molecule has 0 bridgehead atoms. The number of nitrogens with one attached hydrogen (secondary N) is 1. The summed E-state index contributed by atoms with van der Waals surface area (Å²) < 4.78 is 6.73. The summed E-state index contributed by atoms with van der Waals surface area (Å²) in [6, 6.07) is 7.36. The predicted octanol–water partition coefficient (Wildman–Crippen LogP) is 0.00270. The van der Waals surface area contributed by atoms with Crippen LogP contribution in [0.5, 0.6) is 0 Å². The van der Waals surface area contributed by atoms with E-state index >= 15 is 0 Å². The Morgan fingerprint density at radius 1 is 1.15 bits per heavy atom. The second kappa shape index (κ2) is 15.1. The second-order valence-electron chi connectivity index (χ2n) is 6.82. The molecular formula is C21H29N5O7. The number of pyridine rings is 1. The molecule has 1 aliphatic heterocycles. The number of rotatable bonds is 7. The average Bonchev–Trinajstić information content (AvgIpc) is 3.36. The summed E-state index contributed by atoms with van der Waals surface area (Å²) in [7, 11) is 1.60. The number of hydrogen-bond donors (Lipinski definition) is 3. The highest BCUT2D eigenvalue weighted by molar-refractivity contribution is 5.85.